The second-order valence-electron chi connectivity index (χ2n) is 5.63. The normalized spacial score (nSPS) is 16.3. The fraction of sp³-hybridized carbons (Fsp3) is 0.533. The molecular formula is C15H22N2O3S. The van der Waals surface area contributed by atoms with Crippen LogP contribution in [0.1, 0.15) is 32.3 Å². The fourth-order valence-corrected chi connectivity index (χ4v) is 3.77. The van der Waals surface area contributed by atoms with E-state index in [1.165, 1.54) is 4.31 Å². The van der Waals surface area contributed by atoms with Gasteiger partial charge < -0.3 is 5.32 Å². The van der Waals surface area contributed by atoms with Crippen molar-refractivity contribution in [2.45, 2.75) is 38.1 Å². The first-order valence-electron chi connectivity index (χ1n) is 7.28. The third-order valence-electron chi connectivity index (χ3n) is 3.62. The molecule has 0 radical (unpaired) electrons. The summed E-state index contributed by atoms with van der Waals surface area (Å²) in [5.41, 5.74) is 0.893. The van der Waals surface area contributed by atoms with Crippen LogP contribution in [0.15, 0.2) is 29.2 Å². The van der Waals surface area contributed by atoms with Gasteiger partial charge in [-0.2, -0.15) is 4.31 Å². The van der Waals surface area contributed by atoms with Crippen LogP contribution < -0.4 is 5.32 Å². The summed E-state index contributed by atoms with van der Waals surface area (Å²) in [7, 11) is -3.35. The van der Waals surface area contributed by atoms with E-state index in [1.54, 1.807) is 24.3 Å². The highest BCUT2D eigenvalue weighted by Gasteiger charge is 2.26. The third-order valence-corrected chi connectivity index (χ3v) is 5.53. The first-order valence-corrected chi connectivity index (χ1v) is 8.72. The molecule has 6 heteroatoms. The van der Waals surface area contributed by atoms with E-state index < -0.39 is 10.0 Å². The van der Waals surface area contributed by atoms with Gasteiger partial charge in [-0.15, -0.1) is 0 Å². The Morgan fingerprint density at radius 3 is 2.29 bits per heavy atom. The maximum atomic E-state index is 12.4. The molecule has 2 rings (SSSR count). The van der Waals surface area contributed by atoms with Gasteiger partial charge in [-0.05, 0) is 30.5 Å². The number of benzene rings is 1. The Bertz CT molecular complexity index is 588. The molecule has 1 N–H and O–H groups in total. The number of sulfonamides is 1. The molecule has 0 saturated carbocycles. The second kappa shape index (κ2) is 6.58. The Balaban J connectivity index is 2.03. The molecule has 116 valence electrons. The molecular weight excluding hydrogens is 288 g/mol. The lowest BCUT2D eigenvalue weighted by Crippen LogP contribution is -2.28. The van der Waals surface area contributed by atoms with E-state index >= 15 is 0 Å². The zero-order valence-electron chi connectivity index (χ0n) is 12.5. The highest BCUT2D eigenvalue weighted by molar-refractivity contribution is 7.89. The van der Waals surface area contributed by atoms with Crippen LogP contribution in [0, 0.1) is 5.92 Å². The van der Waals surface area contributed by atoms with E-state index in [4.69, 9.17) is 0 Å². The SMILES string of the molecule is CC(C)C(=O)NCc1ccc(S(=O)(=O)N2CCCC2)cc1. The van der Waals surface area contributed by atoms with Gasteiger partial charge in [0.15, 0.2) is 0 Å². The Kier molecular flexibility index (Phi) is 5.00. The molecule has 5 nitrogen and oxygen atoms in total. The van der Waals surface area contributed by atoms with Crippen molar-refractivity contribution < 1.29 is 13.2 Å². The quantitative estimate of drug-likeness (QED) is 0.901. The van der Waals surface area contributed by atoms with Crippen molar-refractivity contribution in [2.24, 2.45) is 5.92 Å². The van der Waals surface area contributed by atoms with E-state index in [-0.39, 0.29) is 11.8 Å². The Morgan fingerprint density at radius 1 is 1.19 bits per heavy atom. The van der Waals surface area contributed by atoms with Crippen LogP contribution in [0.3, 0.4) is 0 Å². The summed E-state index contributed by atoms with van der Waals surface area (Å²) in [4.78, 5) is 11.8. The number of carbonyl (C=O) groups is 1. The number of hydrogen-bond acceptors (Lipinski definition) is 3. The minimum absolute atomic E-state index is 0.0104. The van der Waals surface area contributed by atoms with Gasteiger partial charge in [-0.25, -0.2) is 8.42 Å². The Hall–Kier alpha value is -1.40. The average molecular weight is 310 g/mol. The molecule has 0 spiro atoms. The molecule has 0 aliphatic carbocycles. The zero-order valence-corrected chi connectivity index (χ0v) is 13.3. The molecule has 1 saturated heterocycles. The summed E-state index contributed by atoms with van der Waals surface area (Å²) < 4.78 is 26.2. The van der Waals surface area contributed by atoms with Crippen molar-refractivity contribution in [3.05, 3.63) is 29.8 Å². The summed E-state index contributed by atoms with van der Waals surface area (Å²) in [6, 6.07) is 6.74. The van der Waals surface area contributed by atoms with Crippen molar-refractivity contribution in [3.8, 4) is 0 Å². The van der Waals surface area contributed by atoms with Gasteiger partial charge >= 0.3 is 0 Å². The van der Waals surface area contributed by atoms with Crippen LogP contribution in [0.25, 0.3) is 0 Å². The minimum Gasteiger partial charge on any atom is -0.352 e. The number of nitrogens with one attached hydrogen (secondary N) is 1. The number of amides is 1. The summed E-state index contributed by atoms with van der Waals surface area (Å²) in [6.45, 7) is 5.30. The highest BCUT2D eigenvalue weighted by Crippen LogP contribution is 2.21. The van der Waals surface area contributed by atoms with Crippen LogP contribution in [0.5, 0.6) is 0 Å². The predicted octanol–water partition coefficient (Wildman–Crippen LogP) is 1.74. The maximum Gasteiger partial charge on any atom is 0.243 e. The first kappa shape index (κ1) is 16.0. The molecule has 1 aromatic carbocycles. The molecule has 1 aliphatic rings. The van der Waals surface area contributed by atoms with E-state index in [2.05, 4.69) is 5.32 Å². The average Bonchev–Trinajstić information content (AvgIpc) is 3.00. The summed E-state index contributed by atoms with van der Waals surface area (Å²) in [6.07, 6.45) is 1.86. The smallest absolute Gasteiger partial charge is 0.243 e. The first-order chi connectivity index (χ1) is 9.91. The molecule has 21 heavy (non-hydrogen) atoms. The summed E-state index contributed by atoms with van der Waals surface area (Å²) in [5, 5.41) is 2.81. The van der Waals surface area contributed by atoms with Crippen LogP contribution in [0.2, 0.25) is 0 Å². The van der Waals surface area contributed by atoms with Gasteiger partial charge in [-0.3, -0.25) is 4.79 Å². The second-order valence-corrected chi connectivity index (χ2v) is 7.57. The standard InChI is InChI=1S/C15H22N2O3S/c1-12(2)15(18)16-11-13-5-7-14(8-6-13)21(19,20)17-9-3-4-10-17/h5-8,12H,3-4,9-11H2,1-2H3,(H,16,18). The van der Waals surface area contributed by atoms with Crippen LogP contribution in [-0.2, 0) is 21.4 Å². The summed E-state index contributed by atoms with van der Waals surface area (Å²) in [5.74, 6) is -0.0661. The molecule has 1 aromatic rings. The highest BCUT2D eigenvalue weighted by atomic mass is 32.2. The van der Waals surface area contributed by atoms with Crippen LogP contribution >= 0.6 is 0 Å². The monoisotopic (exact) mass is 310 g/mol. The lowest BCUT2D eigenvalue weighted by atomic mass is 10.2. The Labute approximate surface area is 126 Å². The predicted molar refractivity (Wildman–Crippen MR) is 81.1 cm³/mol. The van der Waals surface area contributed by atoms with Gasteiger partial charge in [-0.1, -0.05) is 26.0 Å². The van der Waals surface area contributed by atoms with Gasteiger partial charge in [0, 0.05) is 25.6 Å². The van der Waals surface area contributed by atoms with Crippen LogP contribution in [-0.4, -0.2) is 31.7 Å². The van der Waals surface area contributed by atoms with Crippen molar-refractivity contribution in [1.82, 2.24) is 9.62 Å². The molecule has 1 amide bonds. The molecule has 0 aromatic heterocycles. The number of hydrogen-bond donors (Lipinski definition) is 1. The molecule has 0 unspecified atom stereocenters. The van der Waals surface area contributed by atoms with E-state index in [0.29, 0.717) is 24.5 Å². The van der Waals surface area contributed by atoms with Crippen molar-refractivity contribution in [2.75, 3.05) is 13.1 Å². The van der Waals surface area contributed by atoms with E-state index in [0.717, 1.165) is 18.4 Å². The molecule has 1 aliphatic heterocycles. The maximum absolute atomic E-state index is 12.4. The topological polar surface area (TPSA) is 66.5 Å². The molecule has 1 heterocycles. The lowest BCUT2D eigenvalue weighted by molar-refractivity contribution is -0.124. The fourth-order valence-electron chi connectivity index (χ4n) is 2.25. The van der Waals surface area contributed by atoms with E-state index in [9.17, 15) is 13.2 Å². The van der Waals surface area contributed by atoms with Gasteiger partial charge in [0.1, 0.15) is 0 Å². The van der Waals surface area contributed by atoms with E-state index in [1.807, 2.05) is 13.8 Å². The largest absolute Gasteiger partial charge is 0.352 e. The van der Waals surface area contributed by atoms with Crippen molar-refractivity contribution in [3.63, 3.8) is 0 Å². The minimum atomic E-state index is -3.35. The summed E-state index contributed by atoms with van der Waals surface area (Å²) >= 11 is 0. The molecule has 1 fully saturated rings. The third kappa shape index (κ3) is 3.83. The van der Waals surface area contributed by atoms with Crippen molar-refractivity contribution >= 4 is 15.9 Å². The number of carbonyl (C=O) groups excluding carboxylic acids is 1. The van der Waals surface area contributed by atoms with Crippen LogP contribution in [0.4, 0.5) is 0 Å². The van der Waals surface area contributed by atoms with Gasteiger partial charge in [0.2, 0.25) is 15.9 Å². The van der Waals surface area contributed by atoms with Crippen molar-refractivity contribution in [1.29, 1.82) is 0 Å². The van der Waals surface area contributed by atoms with Gasteiger partial charge in [0.05, 0.1) is 4.90 Å². The molecule has 0 atom stereocenters. The van der Waals surface area contributed by atoms with Gasteiger partial charge in [0.25, 0.3) is 0 Å². The number of nitrogens with zero attached hydrogens (tertiary/aromatic N) is 1. The number of rotatable bonds is 5. The lowest BCUT2D eigenvalue weighted by Gasteiger charge is -2.15. The zero-order chi connectivity index (χ0) is 15.5. The molecule has 0 bridgehead atoms. The Morgan fingerprint density at radius 2 is 1.76 bits per heavy atom.